The summed E-state index contributed by atoms with van der Waals surface area (Å²) >= 11 is 3.26. The standard InChI is InChI=1S/C11H17BrN2O2S/c1-2-14(9-7-12)17(15,16)10-6-11-5-3-4-8-13-11/h3-5,8H,2,6-7,9-10H2,1H3. The number of aromatic nitrogens is 1. The van der Waals surface area contributed by atoms with Crippen molar-refractivity contribution in [3.05, 3.63) is 30.1 Å². The van der Waals surface area contributed by atoms with Gasteiger partial charge in [0, 0.05) is 36.7 Å². The Morgan fingerprint density at radius 3 is 2.71 bits per heavy atom. The van der Waals surface area contributed by atoms with Gasteiger partial charge in [0.25, 0.3) is 0 Å². The average molecular weight is 321 g/mol. The van der Waals surface area contributed by atoms with E-state index in [1.54, 1.807) is 6.20 Å². The largest absolute Gasteiger partial charge is 0.261 e. The molecule has 17 heavy (non-hydrogen) atoms. The van der Waals surface area contributed by atoms with E-state index in [2.05, 4.69) is 20.9 Å². The topological polar surface area (TPSA) is 50.3 Å². The number of halogens is 1. The van der Waals surface area contributed by atoms with E-state index in [1.165, 1.54) is 4.31 Å². The Labute approximate surface area is 111 Å². The number of rotatable bonds is 7. The smallest absolute Gasteiger partial charge is 0.214 e. The molecule has 96 valence electrons. The molecule has 6 heteroatoms. The fourth-order valence-electron chi connectivity index (χ4n) is 1.50. The van der Waals surface area contributed by atoms with Crippen molar-refractivity contribution >= 4 is 26.0 Å². The van der Waals surface area contributed by atoms with Crippen LogP contribution in [-0.2, 0) is 16.4 Å². The second kappa shape index (κ2) is 7.08. The highest BCUT2D eigenvalue weighted by Crippen LogP contribution is 2.05. The van der Waals surface area contributed by atoms with E-state index in [-0.39, 0.29) is 5.75 Å². The Hall–Kier alpha value is -0.460. The van der Waals surface area contributed by atoms with Crippen LogP contribution >= 0.6 is 15.9 Å². The summed E-state index contributed by atoms with van der Waals surface area (Å²) in [5, 5.41) is 0.656. The molecule has 0 spiro atoms. The lowest BCUT2D eigenvalue weighted by Crippen LogP contribution is -2.35. The zero-order valence-corrected chi connectivity index (χ0v) is 12.2. The SMILES string of the molecule is CCN(CCBr)S(=O)(=O)CCc1ccccn1. The Bertz CT molecular complexity index is 422. The summed E-state index contributed by atoms with van der Waals surface area (Å²) in [6, 6.07) is 5.53. The minimum absolute atomic E-state index is 0.116. The number of pyridine rings is 1. The summed E-state index contributed by atoms with van der Waals surface area (Å²) in [7, 11) is -3.17. The predicted molar refractivity (Wildman–Crippen MR) is 72.8 cm³/mol. The highest BCUT2D eigenvalue weighted by atomic mass is 79.9. The quantitative estimate of drug-likeness (QED) is 0.718. The van der Waals surface area contributed by atoms with E-state index in [4.69, 9.17) is 0 Å². The summed E-state index contributed by atoms with van der Waals surface area (Å²) in [6.45, 7) is 2.87. The minimum Gasteiger partial charge on any atom is -0.261 e. The number of sulfonamides is 1. The molecule has 0 saturated heterocycles. The molecular formula is C11H17BrN2O2S. The monoisotopic (exact) mass is 320 g/mol. The summed E-state index contributed by atoms with van der Waals surface area (Å²) in [5.74, 6) is 0.116. The third-order valence-electron chi connectivity index (χ3n) is 2.42. The Kier molecular flexibility index (Phi) is 6.08. The van der Waals surface area contributed by atoms with Crippen molar-refractivity contribution in [1.82, 2.24) is 9.29 Å². The second-order valence-corrected chi connectivity index (χ2v) is 6.45. The van der Waals surface area contributed by atoms with Crippen molar-refractivity contribution in [2.75, 3.05) is 24.2 Å². The fraction of sp³-hybridized carbons (Fsp3) is 0.545. The van der Waals surface area contributed by atoms with Gasteiger partial charge in [-0.15, -0.1) is 0 Å². The Balaban J connectivity index is 2.60. The van der Waals surface area contributed by atoms with Gasteiger partial charge in [0.2, 0.25) is 10.0 Å². The molecule has 0 saturated carbocycles. The first-order valence-corrected chi connectivity index (χ1v) is 8.27. The van der Waals surface area contributed by atoms with Crippen LogP contribution < -0.4 is 0 Å². The molecule has 1 aromatic heterocycles. The average Bonchev–Trinajstić information content (AvgIpc) is 2.34. The predicted octanol–water partition coefficient (Wildman–Crippen LogP) is 1.67. The Morgan fingerprint density at radius 2 is 2.18 bits per heavy atom. The van der Waals surface area contributed by atoms with Crippen molar-refractivity contribution in [2.24, 2.45) is 0 Å². The van der Waals surface area contributed by atoms with Crippen molar-refractivity contribution < 1.29 is 8.42 Å². The van der Waals surface area contributed by atoms with E-state index >= 15 is 0 Å². The van der Waals surface area contributed by atoms with Gasteiger partial charge in [-0.1, -0.05) is 28.9 Å². The van der Waals surface area contributed by atoms with Gasteiger partial charge < -0.3 is 0 Å². The molecule has 0 fully saturated rings. The van der Waals surface area contributed by atoms with Gasteiger partial charge in [-0.3, -0.25) is 4.98 Å². The van der Waals surface area contributed by atoms with Crippen LogP contribution in [0.4, 0.5) is 0 Å². The first-order valence-electron chi connectivity index (χ1n) is 5.54. The minimum atomic E-state index is -3.17. The first-order chi connectivity index (χ1) is 8.10. The van der Waals surface area contributed by atoms with E-state index in [0.29, 0.717) is 24.8 Å². The molecule has 4 nitrogen and oxygen atoms in total. The molecule has 0 aliphatic carbocycles. The molecule has 0 bridgehead atoms. The molecular weight excluding hydrogens is 304 g/mol. The molecule has 1 rings (SSSR count). The van der Waals surface area contributed by atoms with Crippen LogP contribution in [0.25, 0.3) is 0 Å². The van der Waals surface area contributed by atoms with Gasteiger partial charge in [0.15, 0.2) is 0 Å². The molecule has 0 amide bonds. The van der Waals surface area contributed by atoms with Gasteiger partial charge in [-0.2, -0.15) is 0 Å². The van der Waals surface area contributed by atoms with Crippen LogP contribution in [0.5, 0.6) is 0 Å². The van der Waals surface area contributed by atoms with Crippen molar-refractivity contribution in [2.45, 2.75) is 13.3 Å². The second-order valence-electron chi connectivity index (χ2n) is 3.57. The highest BCUT2D eigenvalue weighted by molar-refractivity contribution is 9.09. The maximum Gasteiger partial charge on any atom is 0.214 e. The van der Waals surface area contributed by atoms with Gasteiger partial charge >= 0.3 is 0 Å². The van der Waals surface area contributed by atoms with E-state index in [9.17, 15) is 8.42 Å². The van der Waals surface area contributed by atoms with Crippen LogP contribution in [0.2, 0.25) is 0 Å². The first kappa shape index (κ1) is 14.6. The zero-order chi connectivity index (χ0) is 12.7. The lowest BCUT2D eigenvalue weighted by atomic mass is 10.3. The summed E-state index contributed by atoms with van der Waals surface area (Å²) < 4.78 is 25.5. The van der Waals surface area contributed by atoms with Crippen molar-refractivity contribution in [1.29, 1.82) is 0 Å². The van der Waals surface area contributed by atoms with E-state index in [0.717, 1.165) is 5.69 Å². The normalized spacial score (nSPS) is 11.9. The molecule has 0 atom stereocenters. The van der Waals surface area contributed by atoms with Gasteiger partial charge in [0.05, 0.1) is 5.75 Å². The molecule has 0 N–H and O–H groups in total. The number of hydrogen-bond acceptors (Lipinski definition) is 3. The maximum absolute atomic E-state index is 12.0. The third-order valence-corrected chi connectivity index (χ3v) is 4.72. The van der Waals surface area contributed by atoms with E-state index in [1.807, 2.05) is 25.1 Å². The number of alkyl halides is 1. The summed E-state index contributed by atoms with van der Waals surface area (Å²) in [5.41, 5.74) is 0.811. The molecule has 0 aliphatic heterocycles. The fourth-order valence-corrected chi connectivity index (χ4v) is 3.65. The molecule has 1 heterocycles. The van der Waals surface area contributed by atoms with Crippen LogP contribution in [0.15, 0.2) is 24.4 Å². The summed E-state index contributed by atoms with van der Waals surface area (Å²) in [6.07, 6.45) is 2.14. The van der Waals surface area contributed by atoms with Crippen molar-refractivity contribution in [3.8, 4) is 0 Å². The van der Waals surface area contributed by atoms with Crippen LogP contribution in [0, 0.1) is 0 Å². The number of hydrogen-bond donors (Lipinski definition) is 0. The zero-order valence-electron chi connectivity index (χ0n) is 9.84. The highest BCUT2D eigenvalue weighted by Gasteiger charge is 2.19. The molecule has 0 aromatic carbocycles. The van der Waals surface area contributed by atoms with Crippen LogP contribution in [0.1, 0.15) is 12.6 Å². The molecule has 1 aromatic rings. The maximum atomic E-state index is 12.0. The molecule has 0 aliphatic rings. The number of aryl methyl sites for hydroxylation is 1. The lowest BCUT2D eigenvalue weighted by Gasteiger charge is -2.19. The summed E-state index contributed by atoms with van der Waals surface area (Å²) in [4.78, 5) is 4.12. The van der Waals surface area contributed by atoms with Gasteiger partial charge in [-0.25, -0.2) is 12.7 Å². The van der Waals surface area contributed by atoms with Gasteiger partial charge in [-0.05, 0) is 12.1 Å². The van der Waals surface area contributed by atoms with Crippen molar-refractivity contribution in [3.63, 3.8) is 0 Å². The van der Waals surface area contributed by atoms with Gasteiger partial charge in [0.1, 0.15) is 0 Å². The number of nitrogens with zero attached hydrogens (tertiary/aromatic N) is 2. The third kappa shape index (κ3) is 4.73. The molecule has 0 radical (unpaired) electrons. The Morgan fingerprint density at radius 1 is 1.41 bits per heavy atom. The van der Waals surface area contributed by atoms with E-state index < -0.39 is 10.0 Å². The lowest BCUT2D eigenvalue weighted by molar-refractivity contribution is 0.448. The molecule has 0 unspecified atom stereocenters. The van der Waals surface area contributed by atoms with Crippen LogP contribution in [-0.4, -0.2) is 41.9 Å². The van der Waals surface area contributed by atoms with Crippen LogP contribution in [0.3, 0.4) is 0 Å².